The molecule has 0 N–H and O–H groups in total. The second-order valence-corrected chi connectivity index (χ2v) is 4.99. The second-order valence-electron chi connectivity index (χ2n) is 2.78. The molecule has 2 rings (SSSR count). The second kappa shape index (κ2) is 2.93. The molecule has 74 valence electrons. The summed E-state index contributed by atoms with van der Waals surface area (Å²) in [6.07, 6.45) is 3.73. The maximum absolute atomic E-state index is 11.3. The van der Waals surface area contributed by atoms with Gasteiger partial charge in [-0.25, -0.2) is 22.4 Å². The van der Waals surface area contributed by atoms with E-state index in [-0.39, 0.29) is 5.15 Å². The molecule has 0 aliphatic carbocycles. The summed E-state index contributed by atoms with van der Waals surface area (Å²) in [7, 11) is -3.34. The predicted octanol–water partition coefficient (Wildman–Crippen LogP) is 0.892. The Kier molecular flexibility index (Phi) is 1.97. The zero-order valence-electron chi connectivity index (χ0n) is 7.18. The first kappa shape index (κ1) is 9.42. The first-order valence-electron chi connectivity index (χ1n) is 3.68. The van der Waals surface area contributed by atoms with Crippen molar-refractivity contribution in [2.75, 3.05) is 6.26 Å². The van der Waals surface area contributed by atoms with Crippen molar-refractivity contribution in [3.8, 4) is 0 Å². The van der Waals surface area contributed by atoms with Gasteiger partial charge in [0.15, 0.2) is 5.65 Å². The molecule has 2 heterocycles. The molecule has 0 saturated carbocycles. The largest absolute Gasteiger partial charge is 0.237 e. The first-order chi connectivity index (χ1) is 6.50. The summed E-state index contributed by atoms with van der Waals surface area (Å²) in [6, 6.07) is 1.57. The lowest BCUT2D eigenvalue weighted by Crippen LogP contribution is -2.08. The molecule has 14 heavy (non-hydrogen) atoms. The summed E-state index contributed by atoms with van der Waals surface area (Å²) in [5, 5.41) is 0.775. The molecule has 0 fully saturated rings. The van der Waals surface area contributed by atoms with Gasteiger partial charge in [-0.15, -0.1) is 0 Å². The number of fused-ring (bicyclic) bond motifs is 1. The number of hydrogen-bond acceptors (Lipinski definition) is 4. The molecular formula is C7H6ClN3O2S. The summed E-state index contributed by atoms with van der Waals surface area (Å²) in [4.78, 5) is 7.61. The van der Waals surface area contributed by atoms with Gasteiger partial charge in [0.2, 0.25) is 10.0 Å². The Bertz CT molecular complexity index is 590. The lowest BCUT2D eigenvalue weighted by atomic mass is 10.4. The van der Waals surface area contributed by atoms with Crippen LogP contribution in [0.4, 0.5) is 0 Å². The Labute approximate surface area is 85.4 Å². The van der Waals surface area contributed by atoms with Crippen LogP contribution in [-0.4, -0.2) is 28.6 Å². The molecule has 0 radical (unpaired) electrons. The average Bonchev–Trinajstić information content (AvgIpc) is 2.47. The van der Waals surface area contributed by atoms with E-state index in [0.717, 1.165) is 10.2 Å². The molecule has 2 aromatic heterocycles. The smallest absolute Gasteiger partial charge is 0.228 e. The first-order valence-corrected chi connectivity index (χ1v) is 5.91. The molecule has 0 aromatic carbocycles. The number of rotatable bonds is 1. The maximum Gasteiger partial charge on any atom is 0.237 e. The molecule has 0 aliphatic heterocycles. The van der Waals surface area contributed by atoms with Crippen LogP contribution in [0.1, 0.15) is 0 Å². The highest BCUT2D eigenvalue weighted by Crippen LogP contribution is 2.20. The number of aromatic nitrogens is 3. The molecule has 0 bridgehead atoms. The maximum atomic E-state index is 11.3. The molecule has 0 aliphatic rings. The SMILES string of the molecule is CS(=O)(=O)n1ccc2c(Cl)ncnc21. The van der Waals surface area contributed by atoms with E-state index in [0.29, 0.717) is 11.0 Å². The zero-order valence-corrected chi connectivity index (χ0v) is 8.75. The Morgan fingerprint density at radius 3 is 2.79 bits per heavy atom. The minimum atomic E-state index is -3.34. The van der Waals surface area contributed by atoms with Crippen molar-refractivity contribution < 1.29 is 8.42 Å². The fourth-order valence-electron chi connectivity index (χ4n) is 1.16. The zero-order chi connectivity index (χ0) is 10.3. The quantitative estimate of drug-likeness (QED) is 0.684. The normalized spacial score (nSPS) is 12.1. The Morgan fingerprint density at radius 1 is 1.43 bits per heavy atom. The van der Waals surface area contributed by atoms with Crippen LogP contribution in [0.15, 0.2) is 18.6 Å². The summed E-state index contributed by atoms with van der Waals surface area (Å²) >= 11 is 5.76. The third-order valence-corrected chi connectivity index (χ3v) is 3.07. The van der Waals surface area contributed by atoms with Gasteiger partial charge in [-0.2, -0.15) is 0 Å². The van der Waals surface area contributed by atoms with E-state index >= 15 is 0 Å². The van der Waals surface area contributed by atoms with Gasteiger partial charge in [-0.05, 0) is 6.07 Å². The van der Waals surface area contributed by atoms with Crippen molar-refractivity contribution >= 4 is 32.7 Å². The van der Waals surface area contributed by atoms with Crippen LogP contribution >= 0.6 is 11.6 Å². The number of halogens is 1. The van der Waals surface area contributed by atoms with Crippen molar-refractivity contribution in [1.82, 2.24) is 13.9 Å². The van der Waals surface area contributed by atoms with E-state index in [1.807, 2.05) is 0 Å². The van der Waals surface area contributed by atoms with Crippen molar-refractivity contribution in [2.45, 2.75) is 0 Å². The Hall–Kier alpha value is -1.14. The third kappa shape index (κ3) is 1.36. The predicted molar refractivity (Wildman–Crippen MR) is 52.8 cm³/mol. The highest BCUT2D eigenvalue weighted by atomic mass is 35.5. The van der Waals surface area contributed by atoms with E-state index < -0.39 is 10.0 Å². The highest BCUT2D eigenvalue weighted by Gasteiger charge is 2.12. The number of hydrogen-bond donors (Lipinski definition) is 0. The van der Waals surface area contributed by atoms with Crippen LogP contribution in [0, 0.1) is 0 Å². The van der Waals surface area contributed by atoms with E-state index in [2.05, 4.69) is 9.97 Å². The van der Waals surface area contributed by atoms with Crippen LogP contribution in [0.3, 0.4) is 0 Å². The fourth-order valence-corrected chi connectivity index (χ4v) is 2.10. The van der Waals surface area contributed by atoms with Crippen molar-refractivity contribution in [3.05, 3.63) is 23.7 Å². The Morgan fingerprint density at radius 2 is 2.14 bits per heavy atom. The lowest BCUT2D eigenvalue weighted by Gasteiger charge is -1.99. The topological polar surface area (TPSA) is 64.8 Å². The molecule has 0 atom stereocenters. The van der Waals surface area contributed by atoms with E-state index in [9.17, 15) is 8.42 Å². The molecule has 0 amide bonds. The van der Waals surface area contributed by atoms with Gasteiger partial charge >= 0.3 is 0 Å². The average molecular weight is 232 g/mol. The van der Waals surface area contributed by atoms with Gasteiger partial charge in [-0.3, -0.25) is 0 Å². The van der Waals surface area contributed by atoms with Crippen molar-refractivity contribution in [1.29, 1.82) is 0 Å². The molecule has 0 unspecified atom stereocenters. The van der Waals surface area contributed by atoms with Crippen molar-refractivity contribution in [3.63, 3.8) is 0 Å². The standard InChI is InChI=1S/C7H6ClN3O2S/c1-14(12,13)11-3-2-5-6(8)9-4-10-7(5)11/h2-4H,1H3. The summed E-state index contributed by atoms with van der Waals surface area (Å²) in [5.41, 5.74) is 0.299. The lowest BCUT2D eigenvalue weighted by molar-refractivity contribution is 0.595. The van der Waals surface area contributed by atoms with Gasteiger partial charge in [0, 0.05) is 6.20 Å². The van der Waals surface area contributed by atoms with Crippen LogP contribution < -0.4 is 0 Å². The van der Waals surface area contributed by atoms with Gasteiger partial charge in [0.25, 0.3) is 0 Å². The molecule has 5 nitrogen and oxygen atoms in total. The van der Waals surface area contributed by atoms with E-state index in [4.69, 9.17) is 11.6 Å². The van der Waals surface area contributed by atoms with Crippen molar-refractivity contribution in [2.24, 2.45) is 0 Å². The van der Waals surface area contributed by atoms with Crippen LogP contribution in [0.5, 0.6) is 0 Å². The third-order valence-electron chi connectivity index (χ3n) is 1.76. The van der Waals surface area contributed by atoms with Gasteiger partial charge in [0.05, 0.1) is 11.6 Å². The monoisotopic (exact) mass is 231 g/mol. The van der Waals surface area contributed by atoms with E-state index in [1.165, 1.54) is 12.5 Å². The minimum Gasteiger partial charge on any atom is -0.228 e. The van der Waals surface area contributed by atoms with Crippen LogP contribution in [0.2, 0.25) is 5.15 Å². The van der Waals surface area contributed by atoms with Crippen LogP contribution in [-0.2, 0) is 10.0 Å². The van der Waals surface area contributed by atoms with Crippen LogP contribution in [0.25, 0.3) is 11.0 Å². The fraction of sp³-hybridized carbons (Fsp3) is 0.143. The summed E-state index contributed by atoms with van der Waals surface area (Å²) in [6.45, 7) is 0. The summed E-state index contributed by atoms with van der Waals surface area (Å²) < 4.78 is 23.6. The molecule has 0 saturated heterocycles. The molecule has 0 spiro atoms. The molecular weight excluding hydrogens is 226 g/mol. The van der Waals surface area contributed by atoms with Gasteiger partial charge in [0.1, 0.15) is 11.5 Å². The highest BCUT2D eigenvalue weighted by molar-refractivity contribution is 7.89. The Balaban J connectivity index is 2.90. The summed E-state index contributed by atoms with van der Waals surface area (Å²) in [5.74, 6) is 0. The molecule has 7 heteroatoms. The van der Waals surface area contributed by atoms with E-state index in [1.54, 1.807) is 6.07 Å². The molecule has 2 aromatic rings. The minimum absolute atomic E-state index is 0.248. The number of nitrogens with zero attached hydrogens (tertiary/aromatic N) is 3. The van der Waals surface area contributed by atoms with Gasteiger partial charge < -0.3 is 0 Å². The van der Waals surface area contributed by atoms with Gasteiger partial charge in [-0.1, -0.05) is 11.6 Å².